The van der Waals surface area contributed by atoms with Crippen LogP contribution in [0, 0.1) is 0 Å². The molecule has 1 heterocycles. The quantitative estimate of drug-likeness (QED) is 0.848. The van der Waals surface area contributed by atoms with Crippen molar-refractivity contribution in [2.45, 2.75) is 31.9 Å². The molecule has 0 bridgehead atoms. The van der Waals surface area contributed by atoms with E-state index in [4.69, 9.17) is 4.74 Å². The van der Waals surface area contributed by atoms with Crippen LogP contribution in [0.1, 0.15) is 24.8 Å². The van der Waals surface area contributed by atoms with Crippen LogP contribution in [0.4, 0.5) is 0 Å². The molecule has 1 atom stereocenters. The standard InChI is InChI=1S/C14H20N2O2/c1-15-10-11-6-2-3-7-12(11)18-13-8-4-5-9-16-14(13)17/h2-3,6-7,13,15H,4-5,8-10H2,1H3,(H,16,17). The first-order valence-electron chi connectivity index (χ1n) is 6.48. The molecule has 1 saturated heterocycles. The van der Waals surface area contributed by atoms with Gasteiger partial charge in [0, 0.05) is 18.7 Å². The molecule has 1 unspecified atom stereocenters. The van der Waals surface area contributed by atoms with Crippen LogP contribution in [0.5, 0.6) is 5.75 Å². The van der Waals surface area contributed by atoms with E-state index in [9.17, 15) is 4.79 Å². The Kier molecular flexibility index (Phi) is 4.59. The van der Waals surface area contributed by atoms with Gasteiger partial charge in [-0.05, 0) is 32.4 Å². The van der Waals surface area contributed by atoms with Gasteiger partial charge in [0.2, 0.25) is 0 Å². The summed E-state index contributed by atoms with van der Waals surface area (Å²) in [5.74, 6) is 0.806. The smallest absolute Gasteiger partial charge is 0.261 e. The Balaban J connectivity index is 2.09. The summed E-state index contributed by atoms with van der Waals surface area (Å²) in [5, 5.41) is 5.99. The molecule has 4 heteroatoms. The summed E-state index contributed by atoms with van der Waals surface area (Å²) in [6.07, 6.45) is 2.49. The topological polar surface area (TPSA) is 50.4 Å². The van der Waals surface area contributed by atoms with Gasteiger partial charge in [-0.15, -0.1) is 0 Å². The zero-order valence-electron chi connectivity index (χ0n) is 10.7. The van der Waals surface area contributed by atoms with Crippen molar-refractivity contribution in [3.8, 4) is 5.75 Å². The average Bonchev–Trinajstić information content (AvgIpc) is 2.58. The van der Waals surface area contributed by atoms with Gasteiger partial charge in [-0.2, -0.15) is 0 Å². The highest BCUT2D eigenvalue weighted by Crippen LogP contribution is 2.21. The van der Waals surface area contributed by atoms with Crippen molar-refractivity contribution in [2.75, 3.05) is 13.6 Å². The number of nitrogens with one attached hydrogen (secondary N) is 2. The Labute approximate surface area is 108 Å². The molecule has 1 aromatic carbocycles. The Bertz CT molecular complexity index is 407. The van der Waals surface area contributed by atoms with Gasteiger partial charge in [0.25, 0.3) is 5.91 Å². The number of carbonyl (C=O) groups excluding carboxylic acids is 1. The number of ether oxygens (including phenoxy) is 1. The van der Waals surface area contributed by atoms with Crippen molar-refractivity contribution in [3.63, 3.8) is 0 Å². The molecule has 1 amide bonds. The molecule has 1 aliphatic rings. The van der Waals surface area contributed by atoms with E-state index in [0.717, 1.165) is 43.7 Å². The van der Waals surface area contributed by atoms with E-state index in [1.807, 2.05) is 31.3 Å². The first kappa shape index (κ1) is 12.9. The van der Waals surface area contributed by atoms with E-state index in [-0.39, 0.29) is 12.0 Å². The molecule has 0 aromatic heterocycles. The van der Waals surface area contributed by atoms with E-state index in [1.165, 1.54) is 0 Å². The summed E-state index contributed by atoms with van der Waals surface area (Å²) < 4.78 is 5.88. The third kappa shape index (κ3) is 3.23. The molecule has 1 fully saturated rings. The lowest BCUT2D eigenvalue weighted by atomic mass is 10.1. The SMILES string of the molecule is CNCc1ccccc1OC1CCCCNC1=O. The fourth-order valence-electron chi connectivity index (χ4n) is 2.13. The summed E-state index contributed by atoms with van der Waals surface area (Å²) in [4.78, 5) is 11.8. The summed E-state index contributed by atoms with van der Waals surface area (Å²) in [7, 11) is 1.90. The molecule has 2 rings (SSSR count). The molecule has 0 saturated carbocycles. The monoisotopic (exact) mass is 248 g/mol. The van der Waals surface area contributed by atoms with E-state index in [0.29, 0.717) is 0 Å². The van der Waals surface area contributed by atoms with Crippen LogP contribution in [0.2, 0.25) is 0 Å². The molecule has 0 spiro atoms. The third-order valence-corrected chi connectivity index (χ3v) is 3.09. The van der Waals surface area contributed by atoms with Gasteiger partial charge in [-0.25, -0.2) is 0 Å². The second kappa shape index (κ2) is 6.40. The zero-order valence-corrected chi connectivity index (χ0v) is 10.7. The minimum absolute atomic E-state index is 0.00626. The highest BCUT2D eigenvalue weighted by molar-refractivity contribution is 5.81. The Morgan fingerprint density at radius 3 is 3.06 bits per heavy atom. The molecule has 2 N–H and O–H groups in total. The van der Waals surface area contributed by atoms with Crippen LogP contribution in [0.25, 0.3) is 0 Å². The first-order chi connectivity index (χ1) is 8.81. The normalized spacial score (nSPS) is 20.1. The number of carbonyl (C=O) groups is 1. The Morgan fingerprint density at radius 2 is 2.22 bits per heavy atom. The van der Waals surface area contributed by atoms with Crippen molar-refractivity contribution in [3.05, 3.63) is 29.8 Å². The first-order valence-corrected chi connectivity index (χ1v) is 6.48. The molecule has 18 heavy (non-hydrogen) atoms. The number of hydrogen-bond donors (Lipinski definition) is 2. The second-order valence-electron chi connectivity index (χ2n) is 4.53. The lowest BCUT2D eigenvalue weighted by Gasteiger charge is -2.18. The van der Waals surface area contributed by atoms with E-state index in [2.05, 4.69) is 10.6 Å². The van der Waals surface area contributed by atoms with Gasteiger partial charge >= 0.3 is 0 Å². The van der Waals surface area contributed by atoms with Gasteiger partial charge < -0.3 is 15.4 Å². The molecule has 1 aromatic rings. The van der Waals surface area contributed by atoms with Gasteiger partial charge in [-0.3, -0.25) is 4.79 Å². The maximum Gasteiger partial charge on any atom is 0.261 e. The van der Waals surface area contributed by atoms with Gasteiger partial charge in [0.1, 0.15) is 5.75 Å². The Hall–Kier alpha value is -1.55. The molecular formula is C14H20N2O2. The molecular weight excluding hydrogens is 228 g/mol. The van der Waals surface area contributed by atoms with Crippen LogP contribution >= 0.6 is 0 Å². The van der Waals surface area contributed by atoms with Crippen LogP contribution in [0.15, 0.2) is 24.3 Å². The third-order valence-electron chi connectivity index (χ3n) is 3.09. The number of benzene rings is 1. The maximum absolute atomic E-state index is 11.8. The van der Waals surface area contributed by atoms with Gasteiger partial charge in [-0.1, -0.05) is 18.2 Å². The fourth-order valence-corrected chi connectivity index (χ4v) is 2.13. The van der Waals surface area contributed by atoms with Crippen molar-refractivity contribution >= 4 is 5.91 Å². The molecule has 0 aliphatic carbocycles. The highest BCUT2D eigenvalue weighted by Gasteiger charge is 2.22. The van der Waals surface area contributed by atoms with E-state index < -0.39 is 0 Å². The van der Waals surface area contributed by atoms with Crippen molar-refractivity contribution < 1.29 is 9.53 Å². The van der Waals surface area contributed by atoms with Crippen LogP contribution < -0.4 is 15.4 Å². The van der Waals surface area contributed by atoms with Crippen molar-refractivity contribution in [1.29, 1.82) is 0 Å². The van der Waals surface area contributed by atoms with Crippen LogP contribution in [-0.4, -0.2) is 25.6 Å². The lowest BCUT2D eigenvalue weighted by Crippen LogP contribution is -2.36. The minimum atomic E-state index is -0.356. The predicted octanol–water partition coefficient (Wildman–Crippen LogP) is 1.45. The number of rotatable bonds is 4. The fraction of sp³-hybridized carbons (Fsp3) is 0.500. The molecule has 98 valence electrons. The summed E-state index contributed by atoms with van der Waals surface area (Å²) in [6.45, 7) is 1.50. The van der Waals surface area contributed by atoms with Crippen molar-refractivity contribution in [1.82, 2.24) is 10.6 Å². The lowest BCUT2D eigenvalue weighted by molar-refractivity contribution is -0.127. The van der Waals surface area contributed by atoms with Gasteiger partial charge in [0.15, 0.2) is 6.10 Å². The van der Waals surface area contributed by atoms with Crippen LogP contribution in [0.3, 0.4) is 0 Å². The van der Waals surface area contributed by atoms with Crippen molar-refractivity contribution in [2.24, 2.45) is 0 Å². The van der Waals surface area contributed by atoms with Gasteiger partial charge in [0.05, 0.1) is 0 Å². The summed E-state index contributed by atoms with van der Waals surface area (Å²) >= 11 is 0. The number of amides is 1. The second-order valence-corrected chi connectivity index (χ2v) is 4.53. The molecule has 1 aliphatic heterocycles. The zero-order chi connectivity index (χ0) is 12.8. The average molecular weight is 248 g/mol. The predicted molar refractivity (Wildman–Crippen MR) is 70.5 cm³/mol. The number of para-hydroxylation sites is 1. The minimum Gasteiger partial charge on any atom is -0.480 e. The maximum atomic E-state index is 11.8. The summed E-state index contributed by atoms with van der Waals surface area (Å²) in [5.41, 5.74) is 1.08. The summed E-state index contributed by atoms with van der Waals surface area (Å²) in [6, 6.07) is 7.85. The Morgan fingerprint density at radius 1 is 1.39 bits per heavy atom. The van der Waals surface area contributed by atoms with E-state index in [1.54, 1.807) is 0 Å². The molecule has 4 nitrogen and oxygen atoms in total. The highest BCUT2D eigenvalue weighted by atomic mass is 16.5. The number of hydrogen-bond acceptors (Lipinski definition) is 3. The molecule has 0 radical (unpaired) electrons. The van der Waals surface area contributed by atoms with Crippen LogP contribution in [-0.2, 0) is 11.3 Å². The van der Waals surface area contributed by atoms with E-state index >= 15 is 0 Å². The largest absolute Gasteiger partial charge is 0.480 e.